The molecule has 2 aromatic rings. The van der Waals surface area contributed by atoms with Gasteiger partial charge in [-0.2, -0.15) is 0 Å². The number of ether oxygens (including phenoxy) is 3. The average Bonchev–Trinajstić information content (AvgIpc) is 2.80. The van der Waals surface area contributed by atoms with E-state index in [-0.39, 0.29) is 23.0 Å². The molecule has 1 unspecified atom stereocenters. The highest BCUT2D eigenvalue weighted by molar-refractivity contribution is 7.89. The van der Waals surface area contributed by atoms with E-state index in [1.54, 1.807) is 26.2 Å². The van der Waals surface area contributed by atoms with E-state index in [0.717, 1.165) is 11.3 Å². The van der Waals surface area contributed by atoms with Crippen molar-refractivity contribution in [3.8, 4) is 5.75 Å². The first-order valence-electron chi connectivity index (χ1n) is 10.00. The summed E-state index contributed by atoms with van der Waals surface area (Å²) in [5.41, 5.74) is 1.71. The van der Waals surface area contributed by atoms with Gasteiger partial charge in [0.05, 0.1) is 37.9 Å². The number of morpholine rings is 1. The first-order chi connectivity index (χ1) is 14.9. The van der Waals surface area contributed by atoms with E-state index in [9.17, 15) is 13.2 Å². The number of hydrogen-bond donors (Lipinski definition) is 1. The molecule has 9 heteroatoms. The summed E-state index contributed by atoms with van der Waals surface area (Å²) >= 11 is 0. The molecule has 2 aromatic carbocycles. The van der Waals surface area contributed by atoms with Gasteiger partial charge in [-0.1, -0.05) is 18.2 Å². The number of benzene rings is 2. The molecule has 1 N–H and O–H groups in total. The molecular weight excluding hydrogens is 420 g/mol. The number of carbonyl (C=O) groups is 1. The van der Waals surface area contributed by atoms with Crippen molar-refractivity contribution in [1.29, 1.82) is 0 Å². The molecule has 0 radical (unpaired) electrons. The fraction of sp³-hybridized carbons (Fsp3) is 0.409. The first kappa shape index (κ1) is 23.2. The van der Waals surface area contributed by atoms with E-state index in [1.807, 2.05) is 24.3 Å². The molecule has 0 bridgehead atoms. The third-order valence-corrected chi connectivity index (χ3v) is 6.92. The highest BCUT2D eigenvalue weighted by Gasteiger charge is 2.26. The van der Waals surface area contributed by atoms with Crippen molar-refractivity contribution < 1.29 is 27.4 Å². The van der Waals surface area contributed by atoms with Crippen molar-refractivity contribution >= 4 is 16.0 Å². The van der Waals surface area contributed by atoms with Gasteiger partial charge in [-0.3, -0.25) is 4.90 Å². The van der Waals surface area contributed by atoms with Gasteiger partial charge in [-0.15, -0.1) is 0 Å². The number of methoxy groups -OCH3 is 2. The van der Waals surface area contributed by atoms with Crippen molar-refractivity contribution in [2.45, 2.75) is 17.9 Å². The Kier molecular flexibility index (Phi) is 7.66. The summed E-state index contributed by atoms with van der Waals surface area (Å²) in [6, 6.07) is 11.9. The Morgan fingerprint density at radius 3 is 2.42 bits per heavy atom. The van der Waals surface area contributed by atoms with Crippen LogP contribution in [-0.2, 0) is 19.5 Å². The Morgan fingerprint density at radius 1 is 1.13 bits per heavy atom. The van der Waals surface area contributed by atoms with E-state index in [4.69, 9.17) is 14.2 Å². The van der Waals surface area contributed by atoms with Crippen molar-refractivity contribution in [3.63, 3.8) is 0 Å². The van der Waals surface area contributed by atoms with Gasteiger partial charge in [0.15, 0.2) is 0 Å². The molecule has 0 amide bonds. The van der Waals surface area contributed by atoms with Gasteiger partial charge < -0.3 is 14.2 Å². The molecule has 31 heavy (non-hydrogen) atoms. The first-order valence-corrected chi connectivity index (χ1v) is 11.5. The minimum Gasteiger partial charge on any atom is -0.497 e. The topological polar surface area (TPSA) is 94.2 Å². The Hall–Kier alpha value is -2.46. The summed E-state index contributed by atoms with van der Waals surface area (Å²) in [5, 5.41) is 0. The van der Waals surface area contributed by atoms with Crippen LogP contribution in [0.5, 0.6) is 5.75 Å². The number of aryl methyl sites for hydroxylation is 1. The number of nitrogens with zero attached hydrogens (tertiary/aromatic N) is 1. The van der Waals surface area contributed by atoms with Crippen LogP contribution in [0.25, 0.3) is 0 Å². The van der Waals surface area contributed by atoms with Gasteiger partial charge in [-0.05, 0) is 42.3 Å². The second-order valence-corrected chi connectivity index (χ2v) is 9.00. The average molecular weight is 449 g/mol. The van der Waals surface area contributed by atoms with Gasteiger partial charge in [0.25, 0.3) is 0 Å². The largest absolute Gasteiger partial charge is 0.497 e. The van der Waals surface area contributed by atoms with Crippen molar-refractivity contribution in [2.24, 2.45) is 0 Å². The summed E-state index contributed by atoms with van der Waals surface area (Å²) in [6.45, 7) is 4.47. The Balaban J connectivity index is 1.85. The Bertz CT molecular complexity index is 1000. The zero-order chi connectivity index (χ0) is 22.4. The summed E-state index contributed by atoms with van der Waals surface area (Å²) in [7, 11) is -0.985. The molecule has 1 fully saturated rings. The quantitative estimate of drug-likeness (QED) is 0.619. The highest BCUT2D eigenvalue weighted by Crippen LogP contribution is 2.25. The number of rotatable bonds is 8. The maximum atomic E-state index is 13.1. The van der Waals surface area contributed by atoms with Crippen LogP contribution in [0.1, 0.15) is 27.5 Å². The number of hydrogen-bond acceptors (Lipinski definition) is 7. The fourth-order valence-corrected chi connectivity index (χ4v) is 4.88. The Labute approximate surface area is 183 Å². The van der Waals surface area contributed by atoms with Crippen LogP contribution in [0, 0.1) is 6.92 Å². The van der Waals surface area contributed by atoms with Gasteiger partial charge in [-0.25, -0.2) is 17.9 Å². The van der Waals surface area contributed by atoms with Crippen LogP contribution in [0.3, 0.4) is 0 Å². The molecular formula is C22H28N2O6S. The summed E-state index contributed by atoms with van der Waals surface area (Å²) in [5.74, 6) is 0.154. The molecule has 1 aliphatic rings. The monoisotopic (exact) mass is 448 g/mol. The van der Waals surface area contributed by atoms with Crippen LogP contribution in [0.15, 0.2) is 47.4 Å². The zero-order valence-electron chi connectivity index (χ0n) is 18.0. The van der Waals surface area contributed by atoms with Crippen molar-refractivity contribution in [2.75, 3.05) is 47.1 Å². The van der Waals surface area contributed by atoms with E-state index in [1.165, 1.54) is 13.2 Å². The molecule has 168 valence electrons. The second-order valence-electron chi connectivity index (χ2n) is 7.26. The van der Waals surface area contributed by atoms with Gasteiger partial charge in [0, 0.05) is 25.7 Å². The van der Waals surface area contributed by atoms with E-state index < -0.39 is 16.0 Å². The molecule has 0 saturated carbocycles. The number of nitrogens with one attached hydrogen (secondary N) is 1. The smallest absolute Gasteiger partial charge is 0.337 e. The van der Waals surface area contributed by atoms with Crippen LogP contribution in [-0.4, -0.2) is 66.4 Å². The second kappa shape index (κ2) is 10.2. The highest BCUT2D eigenvalue weighted by atomic mass is 32.2. The molecule has 1 aliphatic heterocycles. The minimum atomic E-state index is -3.85. The minimum absolute atomic E-state index is 0.0610. The molecule has 0 aliphatic carbocycles. The maximum Gasteiger partial charge on any atom is 0.337 e. The molecule has 0 aromatic heterocycles. The third-order valence-electron chi connectivity index (χ3n) is 5.35. The number of esters is 1. The zero-order valence-corrected chi connectivity index (χ0v) is 18.8. The normalized spacial score (nSPS) is 16.0. The van der Waals surface area contributed by atoms with Crippen LogP contribution in [0.2, 0.25) is 0 Å². The molecule has 1 atom stereocenters. The lowest BCUT2D eigenvalue weighted by molar-refractivity contribution is 0.0172. The van der Waals surface area contributed by atoms with E-state index in [2.05, 4.69) is 9.62 Å². The lowest BCUT2D eigenvalue weighted by Crippen LogP contribution is -2.43. The molecule has 0 spiro atoms. The molecule has 1 heterocycles. The van der Waals surface area contributed by atoms with Crippen LogP contribution in [0.4, 0.5) is 0 Å². The summed E-state index contributed by atoms with van der Waals surface area (Å²) in [4.78, 5) is 14.1. The third kappa shape index (κ3) is 5.62. The lowest BCUT2D eigenvalue weighted by Gasteiger charge is -2.35. The van der Waals surface area contributed by atoms with Crippen molar-refractivity contribution in [1.82, 2.24) is 9.62 Å². The molecule has 3 rings (SSSR count). The van der Waals surface area contributed by atoms with E-state index >= 15 is 0 Å². The molecule has 1 saturated heterocycles. The maximum absolute atomic E-state index is 13.1. The van der Waals surface area contributed by atoms with Gasteiger partial charge >= 0.3 is 5.97 Å². The van der Waals surface area contributed by atoms with E-state index in [0.29, 0.717) is 31.9 Å². The summed E-state index contributed by atoms with van der Waals surface area (Å²) < 4.78 is 44.4. The molecule has 8 nitrogen and oxygen atoms in total. The number of sulfonamides is 1. The van der Waals surface area contributed by atoms with Crippen molar-refractivity contribution in [3.05, 3.63) is 59.2 Å². The van der Waals surface area contributed by atoms with Gasteiger partial charge in [0.2, 0.25) is 10.0 Å². The fourth-order valence-electron chi connectivity index (χ4n) is 3.57. The lowest BCUT2D eigenvalue weighted by atomic mass is 10.0. The SMILES string of the molecule is COC(=O)c1ccc(C)c(S(=O)(=O)NCC(c2ccc(OC)cc2)N2CCOCC2)c1. The van der Waals surface area contributed by atoms with Crippen LogP contribution < -0.4 is 9.46 Å². The predicted octanol–water partition coefficient (Wildman–Crippen LogP) is 2.14. The van der Waals surface area contributed by atoms with Gasteiger partial charge in [0.1, 0.15) is 5.75 Å². The summed E-state index contributed by atoms with van der Waals surface area (Å²) in [6.07, 6.45) is 0. The Morgan fingerprint density at radius 2 is 1.81 bits per heavy atom. The number of carbonyl (C=O) groups excluding carboxylic acids is 1. The standard InChI is InChI=1S/C22H28N2O6S/c1-16-4-5-18(22(25)29-3)14-21(16)31(26,27)23-15-20(24-10-12-30-13-11-24)17-6-8-19(28-2)9-7-17/h4-9,14,20,23H,10-13,15H2,1-3H3. The van der Waals surface area contributed by atoms with Crippen LogP contribution >= 0.6 is 0 Å². The predicted molar refractivity (Wildman–Crippen MR) is 116 cm³/mol.